The maximum absolute atomic E-state index is 5.70. The molecule has 0 amide bonds. The molecule has 2 aromatic rings. The Kier molecular flexibility index (Phi) is 3.16. The van der Waals surface area contributed by atoms with Crippen LogP contribution in [0.5, 0.6) is 0 Å². The Morgan fingerprint density at radius 2 is 2.16 bits per heavy atom. The van der Waals surface area contributed by atoms with E-state index in [0.29, 0.717) is 5.92 Å². The van der Waals surface area contributed by atoms with E-state index in [1.54, 1.807) is 0 Å². The fourth-order valence-corrected chi connectivity index (χ4v) is 2.42. The molecule has 0 aliphatic carbocycles. The minimum atomic E-state index is 0.227. The second kappa shape index (κ2) is 4.97. The van der Waals surface area contributed by atoms with Crippen molar-refractivity contribution >= 4 is 5.69 Å². The van der Waals surface area contributed by atoms with Crippen LogP contribution in [0.3, 0.4) is 0 Å². The number of anilines is 1. The van der Waals surface area contributed by atoms with Crippen molar-refractivity contribution in [2.24, 2.45) is 5.92 Å². The number of benzene rings is 1. The minimum absolute atomic E-state index is 0.227. The van der Waals surface area contributed by atoms with Crippen LogP contribution in [0.15, 0.2) is 24.3 Å². The minimum Gasteiger partial charge on any atom is -0.399 e. The van der Waals surface area contributed by atoms with Crippen molar-refractivity contribution in [2.45, 2.75) is 19.4 Å². The summed E-state index contributed by atoms with van der Waals surface area (Å²) in [6, 6.07) is 7.82. The van der Waals surface area contributed by atoms with E-state index in [1.807, 2.05) is 28.9 Å². The van der Waals surface area contributed by atoms with Gasteiger partial charge >= 0.3 is 0 Å². The molecule has 3 rings (SSSR count). The van der Waals surface area contributed by atoms with Gasteiger partial charge in [-0.2, -0.15) is 0 Å². The van der Waals surface area contributed by atoms with Crippen molar-refractivity contribution in [3.8, 4) is 11.4 Å². The predicted octanol–water partition coefficient (Wildman–Crippen LogP) is 1.52. The van der Waals surface area contributed by atoms with Crippen molar-refractivity contribution < 1.29 is 4.74 Å². The lowest BCUT2D eigenvalue weighted by atomic mass is 10.0. The van der Waals surface area contributed by atoms with Gasteiger partial charge < -0.3 is 10.5 Å². The zero-order valence-electron chi connectivity index (χ0n) is 10.9. The van der Waals surface area contributed by atoms with Gasteiger partial charge in [-0.3, -0.25) is 0 Å². The van der Waals surface area contributed by atoms with Gasteiger partial charge in [-0.05, 0) is 48.0 Å². The van der Waals surface area contributed by atoms with E-state index in [-0.39, 0.29) is 6.04 Å². The maximum atomic E-state index is 5.70. The number of nitrogen functional groups attached to an aromatic ring is 1. The maximum Gasteiger partial charge on any atom is 0.182 e. The molecular weight excluding hydrogens is 242 g/mol. The quantitative estimate of drug-likeness (QED) is 0.845. The van der Waals surface area contributed by atoms with Gasteiger partial charge in [0.1, 0.15) is 0 Å². The van der Waals surface area contributed by atoms with Crippen molar-refractivity contribution in [1.29, 1.82) is 0 Å². The van der Waals surface area contributed by atoms with E-state index in [0.717, 1.165) is 36.7 Å². The predicted molar refractivity (Wildman–Crippen MR) is 71.3 cm³/mol. The Hall–Kier alpha value is -1.95. The van der Waals surface area contributed by atoms with Crippen molar-refractivity contribution in [1.82, 2.24) is 20.2 Å². The summed E-state index contributed by atoms with van der Waals surface area (Å²) in [7, 11) is 0. The molecule has 2 N–H and O–H groups in total. The third kappa shape index (κ3) is 2.31. The molecule has 0 saturated carbocycles. The molecule has 1 aromatic heterocycles. The largest absolute Gasteiger partial charge is 0.399 e. The molecule has 2 heterocycles. The number of hydrogen-bond donors (Lipinski definition) is 1. The summed E-state index contributed by atoms with van der Waals surface area (Å²) in [5, 5.41) is 12.1. The zero-order valence-corrected chi connectivity index (χ0v) is 10.9. The molecule has 2 atom stereocenters. The SMILES string of the molecule is CC(C1CCOC1)n1nnnc1-c1ccc(N)cc1. The summed E-state index contributed by atoms with van der Waals surface area (Å²) in [5.41, 5.74) is 7.42. The third-order valence-electron chi connectivity index (χ3n) is 3.69. The average Bonchev–Trinajstić information content (AvgIpc) is 3.10. The number of rotatable bonds is 3. The molecule has 6 nitrogen and oxygen atoms in total. The monoisotopic (exact) mass is 259 g/mol. The van der Waals surface area contributed by atoms with Crippen LogP contribution in [0, 0.1) is 5.92 Å². The Labute approximate surface area is 111 Å². The lowest BCUT2D eigenvalue weighted by Gasteiger charge is -2.18. The lowest BCUT2D eigenvalue weighted by Crippen LogP contribution is -2.19. The summed E-state index contributed by atoms with van der Waals surface area (Å²) in [6.07, 6.45) is 1.06. The lowest BCUT2D eigenvalue weighted by molar-refractivity contribution is 0.173. The van der Waals surface area contributed by atoms with Crippen molar-refractivity contribution in [3.05, 3.63) is 24.3 Å². The number of tetrazole rings is 1. The molecule has 6 heteroatoms. The topological polar surface area (TPSA) is 78.8 Å². The van der Waals surface area contributed by atoms with E-state index in [9.17, 15) is 0 Å². The number of aromatic nitrogens is 4. The highest BCUT2D eigenvalue weighted by molar-refractivity contribution is 5.58. The van der Waals surface area contributed by atoms with Gasteiger partial charge in [0.05, 0.1) is 12.6 Å². The molecular formula is C13H17N5O. The molecule has 1 aliphatic rings. The van der Waals surface area contributed by atoms with Crippen LogP contribution in [0.1, 0.15) is 19.4 Å². The first kappa shape index (κ1) is 12.1. The van der Waals surface area contributed by atoms with Gasteiger partial charge in [0.2, 0.25) is 0 Å². The molecule has 0 spiro atoms. The van der Waals surface area contributed by atoms with Gasteiger partial charge in [-0.1, -0.05) is 0 Å². The van der Waals surface area contributed by atoms with E-state index < -0.39 is 0 Å². The highest BCUT2D eigenvalue weighted by atomic mass is 16.5. The van der Waals surface area contributed by atoms with Crippen LogP contribution in [-0.4, -0.2) is 33.4 Å². The first-order valence-corrected chi connectivity index (χ1v) is 6.47. The van der Waals surface area contributed by atoms with Crippen LogP contribution >= 0.6 is 0 Å². The molecule has 1 fully saturated rings. The van der Waals surface area contributed by atoms with Crippen LogP contribution in [0.4, 0.5) is 5.69 Å². The third-order valence-corrected chi connectivity index (χ3v) is 3.69. The van der Waals surface area contributed by atoms with E-state index in [1.165, 1.54) is 0 Å². The number of ether oxygens (including phenoxy) is 1. The summed E-state index contributed by atoms with van der Waals surface area (Å²) in [5.74, 6) is 1.25. The smallest absolute Gasteiger partial charge is 0.182 e. The molecule has 0 bridgehead atoms. The standard InChI is InChI=1S/C13H17N5O/c1-9(11-6-7-19-8-11)18-13(15-16-17-18)10-2-4-12(14)5-3-10/h2-5,9,11H,6-8,14H2,1H3. The zero-order chi connectivity index (χ0) is 13.2. The number of nitrogens with two attached hydrogens (primary N) is 1. The normalized spacial score (nSPS) is 20.6. The van der Waals surface area contributed by atoms with E-state index >= 15 is 0 Å². The molecule has 1 aliphatic heterocycles. The van der Waals surface area contributed by atoms with Crippen LogP contribution in [0.25, 0.3) is 11.4 Å². The number of hydrogen-bond acceptors (Lipinski definition) is 5. The van der Waals surface area contributed by atoms with Gasteiger partial charge in [0.25, 0.3) is 0 Å². The Bertz CT molecular complexity index is 544. The van der Waals surface area contributed by atoms with Gasteiger partial charge in [-0.25, -0.2) is 4.68 Å². The first-order valence-electron chi connectivity index (χ1n) is 6.47. The summed E-state index contributed by atoms with van der Waals surface area (Å²) < 4.78 is 7.32. The van der Waals surface area contributed by atoms with Gasteiger partial charge in [0, 0.05) is 23.8 Å². The van der Waals surface area contributed by atoms with Crippen LogP contribution in [-0.2, 0) is 4.74 Å². The molecule has 1 saturated heterocycles. The summed E-state index contributed by atoms with van der Waals surface area (Å²) >= 11 is 0. The summed E-state index contributed by atoms with van der Waals surface area (Å²) in [4.78, 5) is 0. The van der Waals surface area contributed by atoms with E-state index in [4.69, 9.17) is 10.5 Å². The first-order chi connectivity index (χ1) is 9.25. The van der Waals surface area contributed by atoms with Crippen molar-refractivity contribution in [3.63, 3.8) is 0 Å². The Morgan fingerprint density at radius 3 is 2.84 bits per heavy atom. The fourth-order valence-electron chi connectivity index (χ4n) is 2.42. The second-order valence-electron chi connectivity index (χ2n) is 4.93. The van der Waals surface area contributed by atoms with Gasteiger partial charge in [0.15, 0.2) is 5.82 Å². The molecule has 1 aromatic carbocycles. The Balaban J connectivity index is 1.91. The van der Waals surface area contributed by atoms with Gasteiger partial charge in [-0.15, -0.1) is 5.10 Å². The second-order valence-corrected chi connectivity index (χ2v) is 4.93. The Morgan fingerprint density at radius 1 is 1.37 bits per heavy atom. The van der Waals surface area contributed by atoms with Crippen molar-refractivity contribution in [2.75, 3.05) is 18.9 Å². The highest BCUT2D eigenvalue weighted by Gasteiger charge is 2.26. The number of nitrogens with zero attached hydrogens (tertiary/aromatic N) is 4. The highest BCUT2D eigenvalue weighted by Crippen LogP contribution is 2.28. The molecule has 100 valence electrons. The summed E-state index contributed by atoms with van der Waals surface area (Å²) in [6.45, 7) is 3.74. The fraction of sp³-hybridized carbons (Fsp3) is 0.462. The molecule has 19 heavy (non-hydrogen) atoms. The van der Waals surface area contributed by atoms with E-state index in [2.05, 4.69) is 22.4 Å². The molecule has 2 unspecified atom stereocenters. The average molecular weight is 259 g/mol. The van der Waals surface area contributed by atoms with Crippen LogP contribution < -0.4 is 5.73 Å². The van der Waals surface area contributed by atoms with Crippen LogP contribution in [0.2, 0.25) is 0 Å². The molecule has 0 radical (unpaired) electrons.